The van der Waals surface area contributed by atoms with Gasteiger partial charge in [0.05, 0.1) is 0 Å². The summed E-state index contributed by atoms with van der Waals surface area (Å²) < 4.78 is 0.708. The third-order valence-electron chi connectivity index (χ3n) is 1.76. The smallest absolute Gasteiger partial charge is 0.329 e. The molecule has 1 rings (SSSR count). The van der Waals surface area contributed by atoms with Gasteiger partial charge in [-0.2, -0.15) is 0 Å². The molecule has 0 saturated heterocycles. The second-order valence-electron chi connectivity index (χ2n) is 2.66. The van der Waals surface area contributed by atoms with Crippen LogP contribution in [0.15, 0.2) is 9.59 Å². The monoisotopic (exact) mass is 199 g/mol. The quantitative estimate of drug-likeness (QED) is 0.468. The summed E-state index contributed by atoms with van der Waals surface area (Å²) in [6.45, 7) is -0.828. The first kappa shape index (κ1) is 10.2. The van der Waals surface area contributed by atoms with Crippen LogP contribution in [0, 0.1) is 0 Å². The maximum Gasteiger partial charge on any atom is 0.329 e. The number of nitrogens with two attached hydrogens (primary N) is 1. The van der Waals surface area contributed by atoms with E-state index in [1.165, 1.54) is 7.05 Å². The van der Waals surface area contributed by atoms with Crippen molar-refractivity contribution in [3.63, 3.8) is 0 Å². The summed E-state index contributed by atoms with van der Waals surface area (Å²) >= 11 is 0. The lowest BCUT2D eigenvalue weighted by molar-refractivity contribution is 0.0902. The molecule has 14 heavy (non-hydrogen) atoms. The van der Waals surface area contributed by atoms with Crippen LogP contribution in [-0.4, -0.2) is 27.0 Å². The second kappa shape index (κ2) is 3.46. The molecule has 0 radical (unpaired) electrons. The van der Waals surface area contributed by atoms with Gasteiger partial charge in [0.25, 0.3) is 5.56 Å². The maximum atomic E-state index is 11.3. The van der Waals surface area contributed by atoms with Crippen LogP contribution in [0.5, 0.6) is 0 Å². The highest BCUT2D eigenvalue weighted by Gasteiger charge is 2.16. The maximum absolute atomic E-state index is 11.3. The van der Waals surface area contributed by atoms with E-state index in [1.807, 2.05) is 0 Å². The first-order chi connectivity index (χ1) is 6.49. The van der Waals surface area contributed by atoms with E-state index < -0.39 is 29.2 Å². The largest absolute Gasteiger partial charge is 0.388 e. The van der Waals surface area contributed by atoms with Gasteiger partial charge in [-0.25, -0.2) is 4.79 Å². The Kier molecular flexibility index (Phi) is 2.52. The number of aliphatic hydroxyl groups is 1. The number of Topliss-reactive ketones (excluding diaryl/α,β-unsaturated/α-hetero) is 1. The van der Waals surface area contributed by atoms with Gasteiger partial charge in [-0.3, -0.25) is 19.1 Å². The van der Waals surface area contributed by atoms with Crippen molar-refractivity contribution in [2.24, 2.45) is 7.05 Å². The molecule has 1 heterocycles. The molecular weight excluding hydrogens is 190 g/mol. The lowest BCUT2D eigenvalue weighted by Crippen LogP contribution is -2.38. The van der Waals surface area contributed by atoms with Crippen LogP contribution >= 0.6 is 0 Å². The molecule has 0 aliphatic rings. The Morgan fingerprint density at radius 2 is 2.14 bits per heavy atom. The third-order valence-corrected chi connectivity index (χ3v) is 1.76. The Morgan fingerprint density at radius 3 is 2.64 bits per heavy atom. The molecule has 0 spiro atoms. The number of nitrogens with one attached hydrogen (secondary N) is 1. The zero-order valence-electron chi connectivity index (χ0n) is 7.40. The fourth-order valence-electron chi connectivity index (χ4n) is 0.985. The van der Waals surface area contributed by atoms with Crippen LogP contribution in [0.2, 0.25) is 0 Å². The minimum absolute atomic E-state index is 0.322. The van der Waals surface area contributed by atoms with Crippen molar-refractivity contribution in [3.05, 3.63) is 26.4 Å². The summed E-state index contributed by atoms with van der Waals surface area (Å²) in [5.41, 5.74) is 3.35. The highest BCUT2D eigenvalue weighted by atomic mass is 16.3. The lowest BCUT2D eigenvalue weighted by Gasteiger charge is -2.03. The number of nitrogens with zero attached hydrogens (tertiary/aromatic N) is 1. The number of anilines is 1. The molecule has 76 valence electrons. The first-order valence-corrected chi connectivity index (χ1v) is 3.72. The van der Waals surface area contributed by atoms with Crippen LogP contribution in [0.25, 0.3) is 0 Å². The Morgan fingerprint density at radius 1 is 1.57 bits per heavy atom. The van der Waals surface area contributed by atoms with Crippen molar-refractivity contribution < 1.29 is 9.90 Å². The van der Waals surface area contributed by atoms with Crippen molar-refractivity contribution >= 4 is 11.6 Å². The van der Waals surface area contributed by atoms with Crippen LogP contribution < -0.4 is 17.0 Å². The van der Waals surface area contributed by atoms with Crippen LogP contribution in [0.3, 0.4) is 0 Å². The standard InChI is InChI=1S/C7H9N3O4/c1-10-6(13)4(3(12)2-11)5(8)9-7(10)14/h11H,2,8H2,1H3,(H,9,14). The average molecular weight is 199 g/mol. The molecule has 1 aromatic heterocycles. The Balaban J connectivity index is 3.61. The number of hydrogen-bond acceptors (Lipinski definition) is 5. The van der Waals surface area contributed by atoms with Gasteiger partial charge in [0.15, 0.2) is 5.78 Å². The highest BCUT2D eigenvalue weighted by Crippen LogP contribution is 1.99. The zero-order valence-corrected chi connectivity index (χ0v) is 7.40. The SMILES string of the molecule is Cn1c(=O)[nH]c(N)c(C(=O)CO)c1=O. The van der Waals surface area contributed by atoms with E-state index >= 15 is 0 Å². The number of nitrogen functional groups attached to an aromatic ring is 1. The summed E-state index contributed by atoms with van der Waals surface area (Å²) in [5.74, 6) is -1.14. The number of carbonyl (C=O) groups is 1. The number of rotatable bonds is 2. The van der Waals surface area contributed by atoms with Gasteiger partial charge in [0, 0.05) is 7.05 Å². The molecule has 0 saturated carbocycles. The normalized spacial score (nSPS) is 10.1. The number of H-pyrrole nitrogens is 1. The van der Waals surface area contributed by atoms with Crippen molar-refractivity contribution in [2.45, 2.75) is 0 Å². The van der Waals surface area contributed by atoms with E-state index in [0.29, 0.717) is 4.57 Å². The van der Waals surface area contributed by atoms with Gasteiger partial charge in [-0.05, 0) is 0 Å². The fourth-order valence-corrected chi connectivity index (χ4v) is 0.985. The Bertz CT molecular complexity index is 485. The fraction of sp³-hybridized carbons (Fsp3) is 0.286. The van der Waals surface area contributed by atoms with Crippen molar-refractivity contribution in [1.82, 2.24) is 9.55 Å². The molecule has 0 amide bonds. The molecular formula is C7H9N3O4. The van der Waals surface area contributed by atoms with Crippen LogP contribution in [0.4, 0.5) is 5.82 Å². The van der Waals surface area contributed by atoms with E-state index in [0.717, 1.165) is 0 Å². The van der Waals surface area contributed by atoms with E-state index in [4.69, 9.17) is 10.8 Å². The number of aliphatic hydroxyl groups excluding tert-OH is 1. The summed E-state index contributed by atoms with van der Waals surface area (Å²) in [7, 11) is 1.20. The second-order valence-corrected chi connectivity index (χ2v) is 2.66. The van der Waals surface area contributed by atoms with E-state index in [2.05, 4.69) is 4.98 Å². The summed E-state index contributed by atoms with van der Waals surface area (Å²) in [6.07, 6.45) is 0. The van der Waals surface area contributed by atoms with Crippen molar-refractivity contribution in [3.8, 4) is 0 Å². The Labute approximate surface area is 77.8 Å². The predicted octanol–water partition coefficient (Wildman–Crippen LogP) is -2.17. The number of ketones is 1. The number of hydrogen-bond donors (Lipinski definition) is 3. The molecule has 0 unspecified atom stereocenters. The van der Waals surface area contributed by atoms with E-state index in [9.17, 15) is 14.4 Å². The minimum atomic E-state index is -0.828. The van der Waals surface area contributed by atoms with Gasteiger partial charge in [-0.1, -0.05) is 0 Å². The molecule has 0 aliphatic carbocycles. The molecule has 7 nitrogen and oxygen atoms in total. The molecule has 0 aliphatic heterocycles. The molecule has 0 aromatic carbocycles. The van der Waals surface area contributed by atoms with E-state index in [-0.39, 0.29) is 5.82 Å². The van der Waals surface area contributed by atoms with E-state index in [1.54, 1.807) is 0 Å². The lowest BCUT2D eigenvalue weighted by atomic mass is 10.2. The first-order valence-electron chi connectivity index (χ1n) is 3.72. The van der Waals surface area contributed by atoms with Gasteiger partial charge in [0.1, 0.15) is 18.0 Å². The molecule has 7 heteroatoms. The molecule has 0 bridgehead atoms. The summed E-state index contributed by atoms with van der Waals surface area (Å²) in [6, 6.07) is 0. The highest BCUT2D eigenvalue weighted by molar-refractivity contribution is 6.00. The Hall–Kier alpha value is -1.89. The number of aromatic nitrogens is 2. The molecule has 1 aromatic rings. The van der Waals surface area contributed by atoms with Gasteiger partial charge in [0.2, 0.25) is 0 Å². The molecule has 0 atom stereocenters. The van der Waals surface area contributed by atoms with Crippen molar-refractivity contribution in [2.75, 3.05) is 12.3 Å². The van der Waals surface area contributed by atoms with Crippen LogP contribution in [-0.2, 0) is 7.05 Å². The average Bonchev–Trinajstić information content (AvgIpc) is 2.14. The topological polar surface area (TPSA) is 118 Å². The summed E-state index contributed by atoms with van der Waals surface area (Å²) in [5, 5.41) is 8.55. The molecule has 0 fully saturated rings. The summed E-state index contributed by atoms with van der Waals surface area (Å²) in [4.78, 5) is 35.5. The predicted molar refractivity (Wildman–Crippen MR) is 48.1 cm³/mol. The van der Waals surface area contributed by atoms with Crippen molar-refractivity contribution in [1.29, 1.82) is 0 Å². The molecule has 4 N–H and O–H groups in total. The van der Waals surface area contributed by atoms with Gasteiger partial charge >= 0.3 is 5.69 Å². The number of aromatic amines is 1. The number of carbonyl (C=O) groups excluding carboxylic acids is 1. The zero-order chi connectivity index (χ0) is 10.9. The van der Waals surface area contributed by atoms with Gasteiger partial charge < -0.3 is 10.8 Å². The van der Waals surface area contributed by atoms with Gasteiger partial charge in [-0.15, -0.1) is 0 Å². The third kappa shape index (κ3) is 1.44. The minimum Gasteiger partial charge on any atom is -0.388 e. The van der Waals surface area contributed by atoms with Crippen LogP contribution in [0.1, 0.15) is 10.4 Å².